The number of guanidine groups is 1. The first-order chi connectivity index (χ1) is 10.6. The lowest BCUT2D eigenvalue weighted by atomic mass is 9.97. The number of morpholine rings is 1. The maximum absolute atomic E-state index is 5.82. The van der Waals surface area contributed by atoms with Crippen molar-refractivity contribution in [2.75, 3.05) is 52.9 Å². The number of halogens is 1. The van der Waals surface area contributed by atoms with Gasteiger partial charge in [0.1, 0.15) is 0 Å². The summed E-state index contributed by atoms with van der Waals surface area (Å²) < 4.78 is 5.82. The predicted octanol–water partition coefficient (Wildman–Crippen LogP) is 2.27. The monoisotopic (exact) mass is 438 g/mol. The van der Waals surface area contributed by atoms with E-state index < -0.39 is 0 Å². The van der Waals surface area contributed by atoms with Crippen LogP contribution < -0.4 is 5.32 Å². The van der Waals surface area contributed by atoms with Gasteiger partial charge in [-0.2, -0.15) is 0 Å². The molecule has 0 aromatic heterocycles. The SMILES string of the molecule is CCNC(=NCC1CN(C)CCO1)N1CCC(CC(C)C)C1.I. The summed E-state index contributed by atoms with van der Waals surface area (Å²) in [6, 6.07) is 0. The molecule has 0 aromatic carbocycles. The second kappa shape index (κ2) is 10.7. The molecule has 2 saturated heterocycles. The molecule has 23 heavy (non-hydrogen) atoms. The second-order valence-electron chi connectivity index (χ2n) is 7.18. The number of likely N-dealkylation sites (tertiary alicyclic amines) is 1. The molecule has 0 saturated carbocycles. The molecule has 5 nitrogen and oxygen atoms in total. The summed E-state index contributed by atoms with van der Waals surface area (Å²) >= 11 is 0. The highest BCUT2D eigenvalue weighted by Gasteiger charge is 2.26. The fourth-order valence-corrected chi connectivity index (χ4v) is 3.48. The van der Waals surface area contributed by atoms with Crippen molar-refractivity contribution in [1.82, 2.24) is 15.1 Å². The van der Waals surface area contributed by atoms with Gasteiger partial charge in [0.25, 0.3) is 0 Å². The van der Waals surface area contributed by atoms with Crippen molar-refractivity contribution in [2.24, 2.45) is 16.8 Å². The van der Waals surface area contributed by atoms with Crippen molar-refractivity contribution in [3.8, 4) is 0 Å². The van der Waals surface area contributed by atoms with Crippen LogP contribution in [0.4, 0.5) is 0 Å². The van der Waals surface area contributed by atoms with Crippen LogP contribution in [0.3, 0.4) is 0 Å². The summed E-state index contributed by atoms with van der Waals surface area (Å²) in [5, 5.41) is 3.46. The first-order valence-electron chi connectivity index (χ1n) is 8.91. The Morgan fingerprint density at radius 2 is 2.09 bits per heavy atom. The number of nitrogens with one attached hydrogen (secondary N) is 1. The lowest BCUT2D eigenvalue weighted by molar-refractivity contribution is -0.0137. The zero-order valence-corrected chi connectivity index (χ0v) is 17.6. The van der Waals surface area contributed by atoms with Gasteiger partial charge in [0, 0.05) is 32.7 Å². The first kappa shape index (κ1) is 21.0. The minimum absolute atomic E-state index is 0. The summed E-state index contributed by atoms with van der Waals surface area (Å²) in [6.45, 7) is 13.6. The van der Waals surface area contributed by atoms with Gasteiger partial charge in [-0.3, -0.25) is 4.99 Å². The zero-order valence-electron chi connectivity index (χ0n) is 15.3. The van der Waals surface area contributed by atoms with Gasteiger partial charge in [0.05, 0.1) is 19.3 Å². The maximum Gasteiger partial charge on any atom is 0.194 e. The topological polar surface area (TPSA) is 40.1 Å². The Hall–Kier alpha value is -0.0800. The summed E-state index contributed by atoms with van der Waals surface area (Å²) in [4.78, 5) is 9.61. The maximum atomic E-state index is 5.82. The molecule has 0 aliphatic carbocycles. The fourth-order valence-electron chi connectivity index (χ4n) is 3.48. The average molecular weight is 438 g/mol. The molecule has 2 unspecified atom stereocenters. The second-order valence-corrected chi connectivity index (χ2v) is 7.18. The van der Waals surface area contributed by atoms with E-state index >= 15 is 0 Å². The molecule has 2 atom stereocenters. The summed E-state index contributed by atoms with van der Waals surface area (Å²) in [5.41, 5.74) is 0. The molecule has 1 N–H and O–H groups in total. The van der Waals surface area contributed by atoms with Crippen molar-refractivity contribution < 1.29 is 4.74 Å². The Labute approximate surface area is 159 Å². The lowest BCUT2D eigenvalue weighted by Crippen LogP contribution is -2.44. The van der Waals surface area contributed by atoms with E-state index in [-0.39, 0.29) is 30.1 Å². The lowest BCUT2D eigenvalue weighted by Gasteiger charge is -2.29. The highest BCUT2D eigenvalue weighted by Crippen LogP contribution is 2.23. The normalized spacial score (nSPS) is 26.5. The number of hydrogen-bond donors (Lipinski definition) is 1. The third kappa shape index (κ3) is 7.13. The molecule has 0 spiro atoms. The highest BCUT2D eigenvalue weighted by molar-refractivity contribution is 14.0. The Balaban J connectivity index is 0.00000264. The largest absolute Gasteiger partial charge is 0.374 e. The third-order valence-corrected chi connectivity index (χ3v) is 4.51. The molecule has 2 aliphatic rings. The fraction of sp³-hybridized carbons (Fsp3) is 0.941. The molecular formula is C17H35IN4O. The van der Waals surface area contributed by atoms with Gasteiger partial charge in [-0.05, 0) is 38.6 Å². The molecule has 136 valence electrons. The van der Waals surface area contributed by atoms with Crippen LogP contribution in [-0.4, -0.2) is 74.8 Å². The molecule has 2 fully saturated rings. The summed E-state index contributed by atoms with van der Waals surface area (Å²) in [5.74, 6) is 2.68. The van der Waals surface area contributed by atoms with E-state index in [2.05, 4.69) is 42.9 Å². The summed E-state index contributed by atoms with van der Waals surface area (Å²) in [6.07, 6.45) is 2.86. The molecular weight excluding hydrogens is 403 g/mol. The van der Waals surface area contributed by atoms with E-state index in [0.29, 0.717) is 0 Å². The Bertz CT molecular complexity index is 365. The minimum Gasteiger partial charge on any atom is -0.374 e. The van der Waals surface area contributed by atoms with Crippen LogP contribution in [0.5, 0.6) is 0 Å². The van der Waals surface area contributed by atoms with Gasteiger partial charge < -0.3 is 19.9 Å². The highest BCUT2D eigenvalue weighted by atomic mass is 127. The third-order valence-electron chi connectivity index (χ3n) is 4.51. The smallest absolute Gasteiger partial charge is 0.194 e. The molecule has 6 heteroatoms. The van der Waals surface area contributed by atoms with Gasteiger partial charge >= 0.3 is 0 Å². The number of hydrogen-bond acceptors (Lipinski definition) is 3. The molecule has 0 radical (unpaired) electrons. The molecule has 0 amide bonds. The van der Waals surface area contributed by atoms with Crippen LogP contribution in [0.2, 0.25) is 0 Å². The van der Waals surface area contributed by atoms with E-state index in [1.165, 1.54) is 12.8 Å². The quantitative estimate of drug-likeness (QED) is 0.406. The van der Waals surface area contributed by atoms with Crippen LogP contribution in [0.25, 0.3) is 0 Å². The van der Waals surface area contributed by atoms with E-state index in [4.69, 9.17) is 9.73 Å². The van der Waals surface area contributed by atoms with Crippen molar-refractivity contribution in [3.63, 3.8) is 0 Å². The molecule has 0 bridgehead atoms. The predicted molar refractivity (Wildman–Crippen MR) is 108 cm³/mol. The van der Waals surface area contributed by atoms with Gasteiger partial charge in [-0.25, -0.2) is 0 Å². The first-order valence-corrected chi connectivity index (χ1v) is 8.91. The molecule has 2 rings (SSSR count). The van der Waals surface area contributed by atoms with Gasteiger partial charge in [0.15, 0.2) is 5.96 Å². The molecule has 0 aromatic rings. The standard InChI is InChI=1S/C17H34N4O.HI/c1-5-18-17(19-11-16-13-20(4)8-9-22-16)21-7-6-15(12-21)10-14(2)3;/h14-16H,5-13H2,1-4H3,(H,18,19);1H. The van der Waals surface area contributed by atoms with E-state index in [1.807, 2.05) is 0 Å². The Morgan fingerprint density at radius 1 is 1.30 bits per heavy atom. The zero-order chi connectivity index (χ0) is 15.9. The Kier molecular flexibility index (Phi) is 9.77. The number of nitrogens with zero attached hydrogens (tertiary/aromatic N) is 3. The van der Waals surface area contributed by atoms with E-state index in [9.17, 15) is 0 Å². The number of likely N-dealkylation sites (N-methyl/N-ethyl adjacent to an activating group) is 1. The Morgan fingerprint density at radius 3 is 2.74 bits per heavy atom. The van der Waals surface area contributed by atoms with Crippen LogP contribution in [0.1, 0.15) is 33.6 Å². The summed E-state index contributed by atoms with van der Waals surface area (Å²) in [7, 11) is 2.15. The number of aliphatic imine (C=N–C) groups is 1. The van der Waals surface area contributed by atoms with Crippen molar-refractivity contribution in [3.05, 3.63) is 0 Å². The molecule has 2 heterocycles. The molecule has 2 aliphatic heterocycles. The van der Waals surface area contributed by atoms with E-state index in [1.54, 1.807) is 0 Å². The van der Waals surface area contributed by atoms with Gasteiger partial charge in [0.2, 0.25) is 0 Å². The van der Waals surface area contributed by atoms with Crippen LogP contribution in [0.15, 0.2) is 4.99 Å². The minimum atomic E-state index is 0. The van der Waals surface area contributed by atoms with Crippen molar-refractivity contribution >= 4 is 29.9 Å². The van der Waals surface area contributed by atoms with Gasteiger partial charge in [-0.1, -0.05) is 13.8 Å². The van der Waals surface area contributed by atoms with Crippen LogP contribution in [-0.2, 0) is 4.74 Å². The average Bonchev–Trinajstić information content (AvgIpc) is 2.91. The van der Waals surface area contributed by atoms with Gasteiger partial charge in [-0.15, -0.1) is 24.0 Å². The van der Waals surface area contributed by atoms with Crippen molar-refractivity contribution in [1.29, 1.82) is 0 Å². The van der Waals surface area contributed by atoms with Crippen LogP contribution >= 0.6 is 24.0 Å². The van der Waals surface area contributed by atoms with Crippen molar-refractivity contribution in [2.45, 2.75) is 39.7 Å². The van der Waals surface area contributed by atoms with E-state index in [0.717, 1.165) is 63.7 Å². The number of rotatable bonds is 5. The van der Waals surface area contributed by atoms with Crippen LogP contribution in [0, 0.1) is 11.8 Å². The number of ether oxygens (including phenoxy) is 1.